The number of halogens is 1. The SMILES string of the molecule is Cc1ccc(S(=O)(=O)N2CC=C(c3ccnc4[nH]ccc34)CC2)cc1Cl. The zero-order valence-electron chi connectivity index (χ0n) is 14.2. The van der Waals surface area contributed by atoms with Crippen molar-refractivity contribution < 1.29 is 8.42 Å². The van der Waals surface area contributed by atoms with Gasteiger partial charge in [-0.05, 0) is 54.3 Å². The number of fused-ring (bicyclic) bond motifs is 1. The van der Waals surface area contributed by atoms with E-state index >= 15 is 0 Å². The van der Waals surface area contributed by atoms with Crippen molar-refractivity contribution in [3.63, 3.8) is 0 Å². The van der Waals surface area contributed by atoms with Gasteiger partial charge in [-0.2, -0.15) is 4.31 Å². The molecule has 0 fully saturated rings. The Balaban J connectivity index is 1.62. The number of hydrogen-bond donors (Lipinski definition) is 1. The molecule has 0 amide bonds. The summed E-state index contributed by atoms with van der Waals surface area (Å²) in [7, 11) is -3.55. The second-order valence-electron chi connectivity index (χ2n) is 6.35. The number of pyridine rings is 1. The maximum absolute atomic E-state index is 12.9. The second-order valence-corrected chi connectivity index (χ2v) is 8.70. The molecular formula is C19H18ClN3O2S. The Morgan fingerprint density at radius 2 is 2.08 bits per heavy atom. The van der Waals surface area contributed by atoms with Gasteiger partial charge in [0.25, 0.3) is 0 Å². The Morgan fingerprint density at radius 3 is 2.81 bits per heavy atom. The number of rotatable bonds is 3. The molecule has 3 heterocycles. The number of aryl methyl sites for hydroxylation is 1. The molecule has 4 rings (SSSR count). The van der Waals surface area contributed by atoms with E-state index in [9.17, 15) is 8.42 Å². The van der Waals surface area contributed by atoms with Crippen molar-refractivity contribution in [2.45, 2.75) is 18.2 Å². The van der Waals surface area contributed by atoms with E-state index in [1.807, 2.05) is 31.3 Å². The van der Waals surface area contributed by atoms with Gasteiger partial charge in [-0.1, -0.05) is 23.7 Å². The number of hydrogen-bond acceptors (Lipinski definition) is 3. The van der Waals surface area contributed by atoms with Gasteiger partial charge in [-0.15, -0.1) is 0 Å². The lowest BCUT2D eigenvalue weighted by Gasteiger charge is -2.26. The van der Waals surface area contributed by atoms with Gasteiger partial charge in [0, 0.05) is 35.9 Å². The third kappa shape index (κ3) is 2.94. The fourth-order valence-corrected chi connectivity index (χ4v) is 4.89. The topological polar surface area (TPSA) is 66.1 Å². The Kier molecular flexibility index (Phi) is 4.34. The van der Waals surface area contributed by atoms with Gasteiger partial charge in [-0.25, -0.2) is 13.4 Å². The van der Waals surface area contributed by atoms with Crippen molar-refractivity contribution in [3.05, 3.63) is 65.0 Å². The molecule has 0 saturated carbocycles. The van der Waals surface area contributed by atoms with Gasteiger partial charge in [0.1, 0.15) is 5.65 Å². The summed E-state index contributed by atoms with van der Waals surface area (Å²) in [6, 6.07) is 8.85. The molecule has 1 aliphatic heterocycles. The number of aromatic amines is 1. The average molecular weight is 388 g/mol. The van der Waals surface area contributed by atoms with Gasteiger partial charge < -0.3 is 4.98 Å². The quantitative estimate of drug-likeness (QED) is 0.738. The maximum Gasteiger partial charge on any atom is 0.243 e. The molecule has 26 heavy (non-hydrogen) atoms. The highest BCUT2D eigenvalue weighted by Gasteiger charge is 2.27. The summed E-state index contributed by atoms with van der Waals surface area (Å²) in [4.78, 5) is 7.65. The highest BCUT2D eigenvalue weighted by atomic mass is 35.5. The number of nitrogens with zero attached hydrogens (tertiary/aromatic N) is 2. The minimum absolute atomic E-state index is 0.238. The first-order valence-corrected chi connectivity index (χ1v) is 10.2. The molecule has 0 atom stereocenters. The minimum Gasteiger partial charge on any atom is -0.346 e. The van der Waals surface area contributed by atoms with E-state index in [1.165, 1.54) is 10.4 Å². The Morgan fingerprint density at radius 1 is 1.23 bits per heavy atom. The van der Waals surface area contributed by atoms with Crippen molar-refractivity contribution in [1.29, 1.82) is 0 Å². The smallest absolute Gasteiger partial charge is 0.243 e. The molecule has 0 saturated heterocycles. The van der Waals surface area contributed by atoms with Crippen molar-refractivity contribution in [1.82, 2.24) is 14.3 Å². The molecule has 134 valence electrons. The number of H-pyrrole nitrogens is 1. The number of nitrogens with one attached hydrogen (secondary N) is 1. The fraction of sp³-hybridized carbons (Fsp3) is 0.211. The average Bonchev–Trinajstić information content (AvgIpc) is 3.13. The van der Waals surface area contributed by atoms with E-state index in [-0.39, 0.29) is 4.90 Å². The minimum atomic E-state index is -3.55. The van der Waals surface area contributed by atoms with Crippen LogP contribution in [0, 0.1) is 6.92 Å². The van der Waals surface area contributed by atoms with E-state index in [2.05, 4.69) is 9.97 Å². The molecule has 0 spiro atoms. The highest BCUT2D eigenvalue weighted by Crippen LogP contribution is 2.30. The van der Waals surface area contributed by atoms with E-state index in [0.29, 0.717) is 24.5 Å². The van der Waals surface area contributed by atoms with Gasteiger partial charge in [0.05, 0.1) is 4.90 Å². The largest absolute Gasteiger partial charge is 0.346 e. The van der Waals surface area contributed by atoms with Crippen LogP contribution in [0.2, 0.25) is 5.02 Å². The lowest BCUT2D eigenvalue weighted by Crippen LogP contribution is -2.34. The van der Waals surface area contributed by atoms with E-state index in [4.69, 9.17) is 11.6 Å². The third-order valence-corrected chi connectivity index (χ3v) is 7.03. The Bertz CT molecular complexity index is 1120. The van der Waals surface area contributed by atoms with Crippen molar-refractivity contribution in [2.75, 3.05) is 13.1 Å². The summed E-state index contributed by atoms with van der Waals surface area (Å²) >= 11 is 6.10. The van der Waals surface area contributed by atoms with Crippen LogP contribution < -0.4 is 0 Å². The molecule has 2 aromatic heterocycles. The summed E-state index contributed by atoms with van der Waals surface area (Å²) in [5, 5.41) is 1.52. The highest BCUT2D eigenvalue weighted by molar-refractivity contribution is 7.89. The lowest BCUT2D eigenvalue weighted by molar-refractivity contribution is 0.441. The van der Waals surface area contributed by atoms with Crippen LogP contribution >= 0.6 is 11.6 Å². The summed E-state index contributed by atoms with van der Waals surface area (Å²) in [5.41, 5.74) is 3.95. The first-order chi connectivity index (χ1) is 12.5. The monoisotopic (exact) mass is 387 g/mol. The van der Waals surface area contributed by atoms with Gasteiger partial charge in [-0.3, -0.25) is 0 Å². The Hall–Kier alpha value is -2.15. The van der Waals surface area contributed by atoms with E-state index in [0.717, 1.165) is 27.7 Å². The van der Waals surface area contributed by atoms with Crippen LogP contribution in [0.3, 0.4) is 0 Å². The summed E-state index contributed by atoms with van der Waals surface area (Å²) < 4.78 is 27.3. The molecular weight excluding hydrogens is 370 g/mol. The molecule has 1 aromatic carbocycles. The molecule has 0 unspecified atom stereocenters. The maximum atomic E-state index is 12.9. The second kappa shape index (κ2) is 6.54. The molecule has 1 aliphatic rings. The van der Waals surface area contributed by atoms with Gasteiger partial charge >= 0.3 is 0 Å². The molecule has 0 aliphatic carbocycles. The first kappa shape index (κ1) is 17.3. The molecule has 3 aromatic rings. The first-order valence-electron chi connectivity index (χ1n) is 8.34. The molecule has 0 bridgehead atoms. The van der Waals surface area contributed by atoms with Crippen LogP contribution in [0.15, 0.2) is 53.7 Å². The van der Waals surface area contributed by atoms with Crippen molar-refractivity contribution in [2.24, 2.45) is 0 Å². The summed E-state index contributed by atoms with van der Waals surface area (Å²) in [6.07, 6.45) is 6.27. The molecule has 0 radical (unpaired) electrons. The van der Waals surface area contributed by atoms with E-state index in [1.54, 1.807) is 18.3 Å². The molecule has 1 N–H and O–H groups in total. The zero-order chi connectivity index (χ0) is 18.3. The van der Waals surface area contributed by atoms with Crippen molar-refractivity contribution >= 4 is 38.2 Å². The van der Waals surface area contributed by atoms with E-state index < -0.39 is 10.0 Å². The number of aromatic nitrogens is 2. The van der Waals surface area contributed by atoms with Crippen LogP contribution in [0.5, 0.6) is 0 Å². The van der Waals surface area contributed by atoms with Crippen molar-refractivity contribution in [3.8, 4) is 0 Å². The summed E-state index contributed by atoms with van der Waals surface area (Å²) in [6.45, 7) is 2.64. The van der Waals surface area contributed by atoms with Gasteiger partial charge in [0.15, 0.2) is 0 Å². The zero-order valence-corrected chi connectivity index (χ0v) is 15.8. The van der Waals surface area contributed by atoms with Crippen LogP contribution in [-0.2, 0) is 10.0 Å². The molecule has 7 heteroatoms. The van der Waals surface area contributed by atoms with Crippen LogP contribution in [0.25, 0.3) is 16.6 Å². The lowest BCUT2D eigenvalue weighted by atomic mass is 9.99. The summed E-state index contributed by atoms with van der Waals surface area (Å²) in [5.74, 6) is 0. The number of sulfonamides is 1. The van der Waals surface area contributed by atoms with Crippen LogP contribution in [-0.4, -0.2) is 35.8 Å². The van der Waals surface area contributed by atoms with Crippen LogP contribution in [0.1, 0.15) is 17.5 Å². The Labute approximate surface area is 157 Å². The third-order valence-electron chi connectivity index (χ3n) is 4.76. The van der Waals surface area contributed by atoms with Gasteiger partial charge in [0.2, 0.25) is 10.0 Å². The molecule has 5 nitrogen and oxygen atoms in total. The standard InChI is InChI=1S/C19H18ClN3O2S/c1-13-2-3-15(12-18(13)20)26(24,25)23-10-6-14(7-11-23)16-4-8-21-19-17(16)5-9-22-19/h2-6,8-9,12H,7,10-11H2,1H3,(H,21,22). The van der Waals surface area contributed by atoms with Crippen LogP contribution in [0.4, 0.5) is 0 Å². The normalized spacial score (nSPS) is 16.0. The predicted octanol–water partition coefficient (Wildman–Crippen LogP) is 4.00. The fourth-order valence-electron chi connectivity index (χ4n) is 3.24. The number of benzene rings is 1. The predicted molar refractivity (Wildman–Crippen MR) is 104 cm³/mol.